The maximum Gasteiger partial charge on any atom is 0.390 e. The van der Waals surface area contributed by atoms with Crippen LogP contribution in [0.5, 0.6) is 0 Å². The molecule has 0 aromatic carbocycles. The van der Waals surface area contributed by atoms with Gasteiger partial charge in [0.1, 0.15) is 5.82 Å². The van der Waals surface area contributed by atoms with Crippen molar-refractivity contribution in [2.24, 2.45) is 0 Å². The van der Waals surface area contributed by atoms with E-state index in [1.807, 2.05) is 0 Å². The normalized spacial score (nSPS) is 11.9. The first kappa shape index (κ1) is 10.6. The second-order valence-corrected chi connectivity index (χ2v) is 3.03. The summed E-state index contributed by atoms with van der Waals surface area (Å²) < 4.78 is 37.0. The fourth-order valence-corrected chi connectivity index (χ4v) is 1.13. The number of hydrogen-bond acceptors (Lipinski definition) is 5. The Labute approximate surface area is 87.5 Å². The van der Waals surface area contributed by atoms with E-state index in [0.29, 0.717) is 11.5 Å². The molecule has 6 nitrogen and oxygen atoms in total. The van der Waals surface area contributed by atoms with Gasteiger partial charge < -0.3 is 5.32 Å². The number of rotatable bonds is 3. The Bertz CT molecular complexity index is 478. The molecule has 0 aliphatic carbocycles. The molecular formula is C7H7F3N6. The van der Waals surface area contributed by atoms with Crippen LogP contribution >= 0.6 is 0 Å². The molecule has 2 heterocycles. The molecule has 86 valence electrons. The van der Waals surface area contributed by atoms with Crippen LogP contribution in [-0.4, -0.2) is 37.7 Å². The van der Waals surface area contributed by atoms with Gasteiger partial charge in [0, 0.05) is 6.54 Å². The van der Waals surface area contributed by atoms with Crippen LogP contribution in [0, 0.1) is 0 Å². The highest BCUT2D eigenvalue weighted by molar-refractivity contribution is 5.43. The summed E-state index contributed by atoms with van der Waals surface area (Å²) in [4.78, 5) is 3.79. The summed E-state index contributed by atoms with van der Waals surface area (Å²) in [6, 6.07) is 0. The van der Waals surface area contributed by atoms with Crippen molar-refractivity contribution in [2.75, 3.05) is 11.9 Å². The maximum atomic E-state index is 11.9. The quantitative estimate of drug-likeness (QED) is 0.850. The summed E-state index contributed by atoms with van der Waals surface area (Å²) in [6.07, 6.45) is -2.34. The minimum Gasteiger partial charge on any atom is -0.368 e. The van der Waals surface area contributed by atoms with Crippen molar-refractivity contribution >= 4 is 11.5 Å². The van der Waals surface area contributed by atoms with Gasteiger partial charge in [0.25, 0.3) is 0 Å². The highest BCUT2D eigenvalue weighted by atomic mass is 19.4. The first-order chi connectivity index (χ1) is 7.56. The monoisotopic (exact) mass is 232 g/mol. The van der Waals surface area contributed by atoms with E-state index in [2.05, 4.69) is 25.8 Å². The zero-order valence-corrected chi connectivity index (χ0v) is 7.94. The average Bonchev–Trinajstić information content (AvgIpc) is 2.64. The second-order valence-electron chi connectivity index (χ2n) is 3.03. The van der Waals surface area contributed by atoms with E-state index in [1.54, 1.807) is 0 Å². The van der Waals surface area contributed by atoms with E-state index in [1.165, 1.54) is 16.9 Å². The Morgan fingerprint density at radius 3 is 2.88 bits per heavy atom. The van der Waals surface area contributed by atoms with Gasteiger partial charge in [0.15, 0.2) is 5.65 Å². The Hall–Kier alpha value is -1.93. The average molecular weight is 232 g/mol. The third-order valence-electron chi connectivity index (χ3n) is 1.82. The molecule has 9 heteroatoms. The largest absolute Gasteiger partial charge is 0.390 e. The second kappa shape index (κ2) is 3.91. The van der Waals surface area contributed by atoms with Crippen molar-refractivity contribution in [3.8, 4) is 0 Å². The molecule has 0 radical (unpaired) electrons. The lowest BCUT2D eigenvalue weighted by atomic mass is 10.4. The van der Waals surface area contributed by atoms with E-state index in [4.69, 9.17) is 0 Å². The number of tetrazole rings is 1. The molecule has 0 fully saturated rings. The fourth-order valence-electron chi connectivity index (χ4n) is 1.13. The van der Waals surface area contributed by atoms with E-state index < -0.39 is 12.6 Å². The fraction of sp³-hybridized carbons (Fsp3) is 0.429. The van der Waals surface area contributed by atoms with Gasteiger partial charge in [0.05, 0.1) is 18.8 Å². The van der Waals surface area contributed by atoms with Crippen LogP contribution in [0.2, 0.25) is 0 Å². The minimum atomic E-state index is -4.19. The minimum absolute atomic E-state index is 0.246. The first-order valence-electron chi connectivity index (χ1n) is 4.39. The number of nitrogens with zero attached hydrogens (tertiary/aromatic N) is 5. The molecule has 0 amide bonds. The highest BCUT2D eigenvalue weighted by Crippen LogP contribution is 2.19. The van der Waals surface area contributed by atoms with Gasteiger partial charge in [-0.25, -0.2) is 0 Å². The molecule has 0 saturated heterocycles. The third kappa shape index (κ3) is 2.35. The molecule has 0 bridgehead atoms. The topological polar surface area (TPSA) is 68.0 Å². The molecule has 2 rings (SSSR count). The highest BCUT2D eigenvalue weighted by Gasteiger charge is 2.26. The third-order valence-corrected chi connectivity index (χ3v) is 1.82. The van der Waals surface area contributed by atoms with Gasteiger partial charge in [-0.3, -0.25) is 4.98 Å². The SMILES string of the molecule is FC(F)(F)CCNc1cncc2nnnn12. The Morgan fingerprint density at radius 2 is 2.12 bits per heavy atom. The van der Waals surface area contributed by atoms with Crippen molar-refractivity contribution in [1.82, 2.24) is 25.0 Å². The van der Waals surface area contributed by atoms with Crippen LogP contribution in [-0.2, 0) is 0 Å². The Balaban J connectivity index is 2.07. The van der Waals surface area contributed by atoms with Gasteiger partial charge in [-0.2, -0.15) is 17.7 Å². The van der Waals surface area contributed by atoms with Gasteiger partial charge in [0.2, 0.25) is 0 Å². The Morgan fingerprint density at radius 1 is 1.31 bits per heavy atom. The van der Waals surface area contributed by atoms with Crippen molar-refractivity contribution in [3.05, 3.63) is 12.4 Å². The molecule has 0 atom stereocenters. The Kier molecular flexibility index (Phi) is 2.59. The number of aromatic nitrogens is 5. The summed E-state index contributed by atoms with van der Waals surface area (Å²) in [7, 11) is 0. The summed E-state index contributed by atoms with van der Waals surface area (Å²) in [5, 5.41) is 13.2. The predicted octanol–water partition coefficient (Wildman–Crippen LogP) is 0.884. The molecular weight excluding hydrogens is 225 g/mol. The summed E-state index contributed by atoms with van der Waals surface area (Å²) in [5.41, 5.74) is 0.372. The van der Waals surface area contributed by atoms with Gasteiger partial charge in [-0.05, 0) is 10.4 Å². The number of alkyl halides is 3. The lowest BCUT2D eigenvalue weighted by Gasteiger charge is -2.08. The van der Waals surface area contributed by atoms with E-state index in [9.17, 15) is 13.2 Å². The van der Waals surface area contributed by atoms with Crippen molar-refractivity contribution in [1.29, 1.82) is 0 Å². The van der Waals surface area contributed by atoms with E-state index in [0.717, 1.165) is 0 Å². The van der Waals surface area contributed by atoms with Crippen molar-refractivity contribution in [3.63, 3.8) is 0 Å². The standard InChI is InChI=1S/C7H7F3N6/c8-7(9,10)1-2-12-5-3-11-4-6-13-14-15-16(5)6/h3-4,12H,1-2H2. The van der Waals surface area contributed by atoms with Crippen LogP contribution in [0.25, 0.3) is 5.65 Å². The molecule has 2 aromatic rings. The lowest BCUT2D eigenvalue weighted by molar-refractivity contribution is -0.131. The molecule has 0 saturated carbocycles. The van der Waals surface area contributed by atoms with E-state index in [-0.39, 0.29) is 6.54 Å². The lowest BCUT2D eigenvalue weighted by Crippen LogP contribution is -2.16. The summed E-state index contributed by atoms with van der Waals surface area (Å²) in [6.45, 7) is -0.246. The zero-order valence-electron chi connectivity index (χ0n) is 7.94. The smallest absolute Gasteiger partial charge is 0.368 e. The first-order valence-corrected chi connectivity index (χ1v) is 4.39. The van der Waals surface area contributed by atoms with Crippen LogP contribution in [0.15, 0.2) is 12.4 Å². The maximum absolute atomic E-state index is 11.9. The summed E-state index contributed by atoms with van der Waals surface area (Å²) in [5.74, 6) is 0.326. The number of anilines is 1. The van der Waals surface area contributed by atoms with Crippen LogP contribution in [0.3, 0.4) is 0 Å². The van der Waals surface area contributed by atoms with Gasteiger partial charge >= 0.3 is 6.18 Å². The molecule has 0 aliphatic heterocycles. The van der Waals surface area contributed by atoms with E-state index >= 15 is 0 Å². The molecule has 0 aliphatic rings. The molecule has 2 aromatic heterocycles. The van der Waals surface area contributed by atoms with Gasteiger partial charge in [-0.1, -0.05) is 0 Å². The zero-order chi connectivity index (χ0) is 11.6. The van der Waals surface area contributed by atoms with Crippen molar-refractivity contribution in [2.45, 2.75) is 12.6 Å². The molecule has 1 N–H and O–H groups in total. The van der Waals surface area contributed by atoms with Crippen LogP contribution < -0.4 is 5.32 Å². The van der Waals surface area contributed by atoms with Crippen LogP contribution in [0.1, 0.15) is 6.42 Å². The number of hydrogen-bond donors (Lipinski definition) is 1. The molecule has 0 unspecified atom stereocenters. The molecule has 16 heavy (non-hydrogen) atoms. The number of fused-ring (bicyclic) bond motifs is 1. The number of nitrogens with one attached hydrogen (secondary N) is 1. The molecule has 0 spiro atoms. The van der Waals surface area contributed by atoms with Crippen LogP contribution in [0.4, 0.5) is 19.0 Å². The van der Waals surface area contributed by atoms with Crippen molar-refractivity contribution < 1.29 is 13.2 Å². The summed E-state index contributed by atoms with van der Waals surface area (Å²) >= 11 is 0. The van der Waals surface area contributed by atoms with Gasteiger partial charge in [-0.15, -0.1) is 5.10 Å². The number of halogens is 3. The predicted molar refractivity (Wildman–Crippen MR) is 47.7 cm³/mol.